The van der Waals surface area contributed by atoms with E-state index in [1.165, 1.54) is 6.07 Å². The van der Waals surface area contributed by atoms with Gasteiger partial charge in [0.2, 0.25) is 0 Å². The van der Waals surface area contributed by atoms with E-state index >= 15 is 0 Å². The number of nitro groups is 1. The zero-order valence-corrected chi connectivity index (χ0v) is 12.1. The Balaban J connectivity index is 2.93. The van der Waals surface area contributed by atoms with E-state index in [2.05, 4.69) is 42.0 Å². The van der Waals surface area contributed by atoms with Crippen LogP contribution in [0.5, 0.6) is 0 Å². The summed E-state index contributed by atoms with van der Waals surface area (Å²) in [7, 11) is 0. The summed E-state index contributed by atoms with van der Waals surface area (Å²) in [5.41, 5.74) is 0.0902. The summed E-state index contributed by atoms with van der Waals surface area (Å²) in [5, 5.41) is 13.9. The van der Waals surface area contributed by atoms with Gasteiger partial charge in [-0.15, -0.1) is 0 Å². The summed E-state index contributed by atoms with van der Waals surface area (Å²) in [6, 6.07) is 2.33. The molecular formula is C12H16BrFN2O2. The van der Waals surface area contributed by atoms with E-state index in [0.29, 0.717) is 24.1 Å². The molecule has 0 amide bonds. The highest BCUT2D eigenvalue weighted by Gasteiger charge is 2.18. The minimum absolute atomic E-state index is 0.216. The molecule has 0 aliphatic rings. The predicted octanol–water partition coefficient (Wildman–Crippen LogP) is 4.20. The van der Waals surface area contributed by atoms with Crippen LogP contribution in [0.15, 0.2) is 16.6 Å². The molecule has 100 valence electrons. The zero-order valence-electron chi connectivity index (χ0n) is 10.5. The molecule has 0 aliphatic carbocycles. The van der Waals surface area contributed by atoms with Crippen molar-refractivity contribution in [2.45, 2.75) is 20.8 Å². The van der Waals surface area contributed by atoms with E-state index in [1.807, 2.05) is 0 Å². The van der Waals surface area contributed by atoms with Crippen LogP contribution in [0, 0.1) is 27.8 Å². The fourth-order valence-corrected chi connectivity index (χ4v) is 1.68. The summed E-state index contributed by atoms with van der Waals surface area (Å²) >= 11 is 3.03. The molecule has 1 aromatic rings. The van der Waals surface area contributed by atoms with Crippen LogP contribution in [0.1, 0.15) is 20.8 Å². The third-order valence-electron chi connectivity index (χ3n) is 2.99. The topological polar surface area (TPSA) is 55.2 Å². The largest absolute Gasteiger partial charge is 0.379 e. The minimum atomic E-state index is -0.635. The molecule has 0 bridgehead atoms. The fourth-order valence-electron chi connectivity index (χ4n) is 1.34. The smallest absolute Gasteiger partial charge is 0.295 e. The molecule has 6 heteroatoms. The average molecular weight is 319 g/mol. The molecule has 0 aliphatic heterocycles. The van der Waals surface area contributed by atoms with Crippen molar-refractivity contribution in [3.8, 4) is 0 Å². The first-order valence-corrected chi connectivity index (χ1v) is 6.49. The van der Waals surface area contributed by atoms with E-state index in [0.717, 1.165) is 6.07 Å². The van der Waals surface area contributed by atoms with Crippen LogP contribution in [0.4, 0.5) is 15.8 Å². The highest BCUT2D eigenvalue weighted by molar-refractivity contribution is 9.10. The second kappa shape index (κ2) is 6.13. The molecule has 0 heterocycles. The number of nitrogens with zero attached hydrogens (tertiary/aromatic N) is 1. The van der Waals surface area contributed by atoms with Gasteiger partial charge in [0.25, 0.3) is 5.69 Å². The Morgan fingerprint density at radius 2 is 2.06 bits per heavy atom. The second-order valence-electron chi connectivity index (χ2n) is 4.64. The maximum Gasteiger partial charge on any atom is 0.295 e. The number of nitrogens with one attached hydrogen (secondary N) is 1. The van der Waals surface area contributed by atoms with Gasteiger partial charge < -0.3 is 5.32 Å². The number of halogens is 2. The van der Waals surface area contributed by atoms with Crippen molar-refractivity contribution in [3.05, 3.63) is 32.5 Å². The quantitative estimate of drug-likeness (QED) is 0.653. The molecule has 1 rings (SSSR count). The van der Waals surface area contributed by atoms with Crippen LogP contribution in [-0.2, 0) is 0 Å². The van der Waals surface area contributed by atoms with Gasteiger partial charge in [0, 0.05) is 6.54 Å². The SMILES string of the molecule is CC(C)C(C)CNc1cc(Br)c(F)cc1[N+](=O)[O-]. The van der Waals surface area contributed by atoms with Crippen LogP contribution < -0.4 is 5.32 Å². The molecule has 1 unspecified atom stereocenters. The Morgan fingerprint density at radius 1 is 1.44 bits per heavy atom. The van der Waals surface area contributed by atoms with Crippen molar-refractivity contribution in [3.63, 3.8) is 0 Å². The Kier molecular flexibility index (Phi) is 5.07. The normalized spacial score (nSPS) is 12.6. The number of anilines is 1. The van der Waals surface area contributed by atoms with Gasteiger partial charge in [-0.05, 0) is 33.8 Å². The van der Waals surface area contributed by atoms with E-state index in [4.69, 9.17) is 0 Å². The van der Waals surface area contributed by atoms with Crippen LogP contribution >= 0.6 is 15.9 Å². The molecule has 0 fully saturated rings. The Labute approximate surface area is 114 Å². The van der Waals surface area contributed by atoms with Gasteiger partial charge in [-0.2, -0.15) is 0 Å². The Morgan fingerprint density at radius 3 is 2.56 bits per heavy atom. The van der Waals surface area contributed by atoms with Gasteiger partial charge in [-0.25, -0.2) is 4.39 Å². The molecule has 1 atom stereocenters. The van der Waals surface area contributed by atoms with E-state index in [-0.39, 0.29) is 10.2 Å². The number of rotatable bonds is 5. The molecule has 0 saturated heterocycles. The van der Waals surface area contributed by atoms with Crippen LogP contribution in [-0.4, -0.2) is 11.5 Å². The first-order chi connectivity index (χ1) is 8.32. The summed E-state index contributed by atoms with van der Waals surface area (Å²) in [6.07, 6.45) is 0. The van der Waals surface area contributed by atoms with E-state index in [1.54, 1.807) is 0 Å². The summed E-state index contributed by atoms with van der Waals surface area (Å²) < 4.78 is 13.5. The third-order valence-corrected chi connectivity index (χ3v) is 3.60. The highest BCUT2D eigenvalue weighted by Crippen LogP contribution is 2.30. The van der Waals surface area contributed by atoms with Crippen molar-refractivity contribution in [1.82, 2.24) is 0 Å². The summed E-state index contributed by atoms with van der Waals surface area (Å²) in [6.45, 7) is 6.83. The number of hydrogen-bond donors (Lipinski definition) is 1. The lowest BCUT2D eigenvalue weighted by Gasteiger charge is -2.17. The fraction of sp³-hybridized carbons (Fsp3) is 0.500. The maximum absolute atomic E-state index is 13.3. The standard InChI is InChI=1S/C12H16BrFN2O2/c1-7(2)8(3)6-15-11-4-9(13)10(14)5-12(11)16(17)18/h4-5,7-8,15H,6H2,1-3H3. The van der Waals surface area contributed by atoms with Crippen LogP contribution in [0.2, 0.25) is 0 Å². The maximum atomic E-state index is 13.3. The molecule has 0 spiro atoms. The van der Waals surface area contributed by atoms with Gasteiger partial charge in [0.1, 0.15) is 11.5 Å². The van der Waals surface area contributed by atoms with Crippen molar-refractivity contribution < 1.29 is 9.31 Å². The van der Waals surface area contributed by atoms with Crippen LogP contribution in [0.25, 0.3) is 0 Å². The molecule has 18 heavy (non-hydrogen) atoms. The van der Waals surface area contributed by atoms with Crippen molar-refractivity contribution in [1.29, 1.82) is 0 Å². The van der Waals surface area contributed by atoms with Crippen molar-refractivity contribution in [2.24, 2.45) is 11.8 Å². The predicted molar refractivity (Wildman–Crippen MR) is 73.2 cm³/mol. The minimum Gasteiger partial charge on any atom is -0.379 e. The monoisotopic (exact) mass is 318 g/mol. The first kappa shape index (κ1) is 14.9. The van der Waals surface area contributed by atoms with E-state index in [9.17, 15) is 14.5 Å². The zero-order chi connectivity index (χ0) is 13.9. The number of hydrogen-bond acceptors (Lipinski definition) is 3. The van der Waals surface area contributed by atoms with Crippen molar-refractivity contribution in [2.75, 3.05) is 11.9 Å². The number of nitro benzene ring substituents is 1. The summed E-state index contributed by atoms with van der Waals surface area (Å²) in [4.78, 5) is 10.3. The van der Waals surface area contributed by atoms with E-state index < -0.39 is 10.7 Å². The summed E-state index contributed by atoms with van der Waals surface area (Å²) in [5.74, 6) is 0.207. The van der Waals surface area contributed by atoms with Gasteiger partial charge >= 0.3 is 0 Å². The molecule has 1 aromatic carbocycles. The number of benzene rings is 1. The third kappa shape index (κ3) is 3.66. The van der Waals surface area contributed by atoms with Gasteiger partial charge in [-0.3, -0.25) is 10.1 Å². The van der Waals surface area contributed by atoms with Gasteiger partial charge in [-0.1, -0.05) is 20.8 Å². The Bertz CT molecular complexity index is 452. The highest BCUT2D eigenvalue weighted by atomic mass is 79.9. The molecular weight excluding hydrogens is 303 g/mol. The van der Waals surface area contributed by atoms with Crippen molar-refractivity contribution >= 4 is 27.3 Å². The average Bonchev–Trinajstić information content (AvgIpc) is 2.29. The lowest BCUT2D eigenvalue weighted by Crippen LogP contribution is -2.17. The molecule has 0 radical (unpaired) electrons. The lowest BCUT2D eigenvalue weighted by atomic mass is 9.98. The van der Waals surface area contributed by atoms with Crippen LogP contribution in [0.3, 0.4) is 0 Å². The first-order valence-electron chi connectivity index (χ1n) is 5.70. The Hall–Kier alpha value is -1.17. The lowest BCUT2D eigenvalue weighted by molar-refractivity contribution is -0.384. The van der Waals surface area contributed by atoms with Gasteiger partial charge in [0.05, 0.1) is 15.5 Å². The second-order valence-corrected chi connectivity index (χ2v) is 5.50. The molecule has 0 aromatic heterocycles. The molecule has 0 saturated carbocycles. The van der Waals surface area contributed by atoms with Gasteiger partial charge in [0.15, 0.2) is 0 Å². The molecule has 1 N–H and O–H groups in total. The molecule has 4 nitrogen and oxygen atoms in total.